The first-order chi connectivity index (χ1) is 16.2. The van der Waals surface area contributed by atoms with Crippen LogP contribution in [-0.4, -0.2) is 33.7 Å². The Morgan fingerprint density at radius 2 is 1.60 bits per heavy atom. The van der Waals surface area contributed by atoms with Crippen molar-refractivity contribution in [2.24, 2.45) is 0 Å². The van der Waals surface area contributed by atoms with Gasteiger partial charge in [0.2, 0.25) is 0 Å². The van der Waals surface area contributed by atoms with Gasteiger partial charge in [0.05, 0.1) is 5.41 Å². The molecule has 0 bridgehead atoms. The number of benzene rings is 2. The largest absolute Gasteiger partial charge is 0.508 e. The molecule has 2 aromatic rings. The molecule has 2 aromatic carbocycles. The second-order valence-corrected chi connectivity index (χ2v) is 8.61. The van der Waals surface area contributed by atoms with Gasteiger partial charge in [0.25, 0.3) is 0 Å². The Bertz CT molecular complexity index is 958. The lowest BCUT2D eigenvalue weighted by Gasteiger charge is -2.29. The van der Waals surface area contributed by atoms with Gasteiger partial charge in [-0.2, -0.15) is 0 Å². The standard InChI is InChI=1S/C15H19ClO.C8H9FO.C3H6O2.C2H6O/c1-10(2)9-15(5,12(4)17)14-8-13(16)7-6-11(14)3;1-2-6-5-7(10)3-4-8(6)9;1-2-3(4)5;1-2-3/h6-8H,1,9H2,2-5H3;3-5,10H,2H2,1H3;2H2,1H3,(H,4,5);3H,2H2,1H3/t15-;;;/m0.../s1. The lowest BCUT2D eigenvalue weighted by atomic mass is 9.73. The summed E-state index contributed by atoms with van der Waals surface area (Å²) in [6.45, 7) is 16.8. The lowest BCUT2D eigenvalue weighted by molar-refractivity contribution is -0.136. The van der Waals surface area contributed by atoms with Crippen molar-refractivity contribution in [3.63, 3.8) is 0 Å². The monoisotopic (exact) mass is 510 g/mol. The van der Waals surface area contributed by atoms with Crippen molar-refractivity contribution in [1.29, 1.82) is 0 Å². The number of carbonyl (C=O) groups excluding carboxylic acids is 1. The Morgan fingerprint density at radius 1 is 1.09 bits per heavy atom. The van der Waals surface area contributed by atoms with E-state index >= 15 is 0 Å². The number of halogens is 2. The predicted octanol–water partition coefficient (Wildman–Crippen LogP) is 7.03. The van der Waals surface area contributed by atoms with Gasteiger partial charge < -0.3 is 15.3 Å². The van der Waals surface area contributed by atoms with Crippen LogP contribution in [0.2, 0.25) is 5.02 Å². The molecule has 0 saturated heterocycles. The first-order valence-corrected chi connectivity index (χ1v) is 11.8. The summed E-state index contributed by atoms with van der Waals surface area (Å²) in [4.78, 5) is 21.3. The van der Waals surface area contributed by atoms with Crippen LogP contribution in [0.25, 0.3) is 0 Å². The van der Waals surface area contributed by atoms with Crippen LogP contribution < -0.4 is 0 Å². The van der Waals surface area contributed by atoms with Gasteiger partial charge >= 0.3 is 5.97 Å². The number of phenols is 1. The molecule has 1 atom stereocenters. The van der Waals surface area contributed by atoms with Crippen molar-refractivity contribution >= 4 is 23.4 Å². The summed E-state index contributed by atoms with van der Waals surface area (Å²) in [6, 6.07) is 9.75. The van der Waals surface area contributed by atoms with E-state index in [4.69, 9.17) is 26.9 Å². The Morgan fingerprint density at radius 3 is 1.97 bits per heavy atom. The first-order valence-electron chi connectivity index (χ1n) is 11.4. The smallest absolute Gasteiger partial charge is 0.303 e. The number of aliphatic carboxylic acids is 1. The van der Waals surface area contributed by atoms with Gasteiger partial charge in [0.15, 0.2) is 0 Å². The molecule has 0 unspecified atom stereocenters. The molecule has 0 aliphatic rings. The Labute approximate surface area is 214 Å². The molecule has 0 radical (unpaired) electrons. The predicted molar refractivity (Wildman–Crippen MR) is 142 cm³/mol. The Balaban J connectivity index is 0. The van der Waals surface area contributed by atoms with Crippen LogP contribution in [0.3, 0.4) is 0 Å². The number of allylic oxidation sites excluding steroid dienone is 1. The molecule has 3 N–H and O–H groups in total. The van der Waals surface area contributed by atoms with Gasteiger partial charge in [0, 0.05) is 18.1 Å². The molecule has 0 amide bonds. The molecule has 35 heavy (non-hydrogen) atoms. The van der Waals surface area contributed by atoms with Crippen molar-refractivity contribution in [2.45, 2.75) is 73.1 Å². The summed E-state index contributed by atoms with van der Waals surface area (Å²) in [6.07, 6.45) is 1.49. The fourth-order valence-electron chi connectivity index (χ4n) is 3.03. The molecule has 0 aliphatic carbocycles. The van der Waals surface area contributed by atoms with E-state index < -0.39 is 11.4 Å². The highest BCUT2D eigenvalue weighted by Gasteiger charge is 2.33. The lowest BCUT2D eigenvalue weighted by Crippen LogP contribution is -2.31. The molecule has 0 aliphatic heterocycles. The zero-order valence-electron chi connectivity index (χ0n) is 21.9. The number of phenolic OH excluding ortho intramolecular Hbond substituents is 1. The molecular formula is C28H40ClFO5. The number of aryl methyl sites for hydroxylation is 2. The third-order valence-electron chi connectivity index (χ3n) is 4.94. The summed E-state index contributed by atoms with van der Waals surface area (Å²) >= 11 is 6.03. The minimum atomic E-state index is -0.745. The van der Waals surface area contributed by atoms with Gasteiger partial charge in [-0.3, -0.25) is 9.59 Å². The van der Waals surface area contributed by atoms with Crippen molar-refractivity contribution in [3.05, 3.63) is 76.1 Å². The minimum absolute atomic E-state index is 0.123. The highest BCUT2D eigenvalue weighted by Crippen LogP contribution is 2.35. The quantitative estimate of drug-likeness (QED) is 0.362. The van der Waals surface area contributed by atoms with Gasteiger partial charge in [-0.1, -0.05) is 37.1 Å². The molecule has 7 heteroatoms. The van der Waals surface area contributed by atoms with E-state index in [9.17, 15) is 14.0 Å². The van der Waals surface area contributed by atoms with E-state index in [1.54, 1.807) is 20.8 Å². The summed E-state index contributed by atoms with van der Waals surface area (Å²) in [5.74, 6) is -0.727. The molecule has 2 rings (SSSR count). The summed E-state index contributed by atoms with van der Waals surface area (Å²) in [7, 11) is 0. The number of carboxylic acid groups (broad SMARTS) is 1. The Hall–Kier alpha value is -2.70. The molecule has 0 spiro atoms. The van der Waals surface area contributed by atoms with Crippen molar-refractivity contribution in [3.8, 4) is 5.75 Å². The van der Waals surface area contributed by atoms with Gasteiger partial charge in [-0.15, -0.1) is 6.58 Å². The second kappa shape index (κ2) is 17.7. The third kappa shape index (κ3) is 13.7. The average molecular weight is 511 g/mol. The fraction of sp³-hybridized carbons (Fsp3) is 0.429. The molecule has 0 saturated carbocycles. The van der Waals surface area contributed by atoms with E-state index in [2.05, 4.69) is 6.58 Å². The molecule has 0 fully saturated rings. The maximum Gasteiger partial charge on any atom is 0.303 e. The summed E-state index contributed by atoms with van der Waals surface area (Å²) in [5, 5.41) is 24.9. The zero-order valence-corrected chi connectivity index (χ0v) is 22.7. The zero-order chi connectivity index (χ0) is 27.8. The summed E-state index contributed by atoms with van der Waals surface area (Å²) < 4.78 is 12.7. The summed E-state index contributed by atoms with van der Waals surface area (Å²) in [5.41, 5.74) is 3.12. The number of Topliss-reactive ketones (excluding diaryl/α,β-unsaturated/α-hetero) is 1. The van der Waals surface area contributed by atoms with Crippen LogP contribution in [0.5, 0.6) is 5.75 Å². The van der Waals surface area contributed by atoms with Crippen LogP contribution in [0.4, 0.5) is 4.39 Å². The molecular weight excluding hydrogens is 471 g/mol. The van der Waals surface area contributed by atoms with Crippen molar-refractivity contribution < 1.29 is 29.3 Å². The number of hydrogen-bond acceptors (Lipinski definition) is 4. The normalized spacial score (nSPS) is 11.3. The highest BCUT2D eigenvalue weighted by atomic mass is 35.5. The number of aromatic hydroxyl groups is 1. The maximum atomic E-state index is 12.7. The van der Waals surface area contributed by atoms with Crippen molar-refractivity contribution in [1.82, 2.24) is 0 Å². The number of rotatable bonds is 6. The van der Waals surface area contributed by atoms with Crippen LogP contribution in [0, 0.1) is 12.7 Å². The maximum absolute atomic E-state index is 12.7. The molecule has 0 aromatic heterocycles. The van der Waals surface area contributed by atoms with Crippen molar-refractivity contribution in [2.75, 3.05) is 6.61 Å². The van der Waals surface area contributed by atoms with E-state index in [1.165, 1.54) is 18.2 Å². The molecule has 196 valence electrons. The van der Waals surface area contributed by atoms with E-state index in [1.807, 2.05) is 45.9 Å². The average Bonchev–Trinajstić information content (AvgIpc) is 2.77. The van der Waals surface area contributed by atoms with Crippen LogP contribution in [0.15, 0.2) is 48.6 Å². The number of carbonyl (C=O) groups is 2. The molecule has 5 nitrogen and oxygen atoms in total. The second-order valence-electron chi connectivity index (χ2n) is 8.17. The number of hydrogen-bond donors (Lipinski definition) is 3. The topological polar surface area (TPSA) is 94.8 Å². The van der Waals surface area contributed by atoms with E-state index in [0.29, 0.717) is 23.4 Å². The number of carboxylic acids is 1. The Kier molecular flexibility index (Phi) is 17.4. The number of aliphatic hydroxyl groups is 1. The fourth-order valence-corrected chi connectivity index (χ4v) is 3.21. The number of aliphatic hydroxyl groups excluding tert-OH is 1. The van der Waals surface area contributed by atoms with Gasteiger partial charge in [-0.25, -0.2) is 4.39 Å². The molecule has 0 heterocycles. The minimum Gasteiger partial charge on any atom is -0.508 e. The van der Waals surface area contributed by atoms with Gasteiger partial charge in [0.1, 0.15) is 17.3 Å². The van der Waals surface area contributed by atoms with E-state index in [-0.39, 0.29) is 30.4 Å². The van der Waals surface area contributed by atoms with E-state index in [0.717, 1.165) is 16.7 Å². The van der Waals surface area contributed by atoms with Gasteiger partial charge in [-0.05, 0) is 94.5 Å². The first kappa shape index (κ1) is 34.5. The van der Waals surface area contributed by atoms with Crippen LogP contribution >= 0.6 is 11.6 Å². The number of ketones is 1. The van der Waals surface area contributed by atoms with Crippen LogP contribution in [-0.2, 0) is 21.4 Å². The SMILES string of the molecule is C=C(C)C[C@@](C)(C(C)=O)c1cc(Cl)ccc1C.CCC(=O)O.CCO.CCc1cc(O)ccc1F. The third-order valence-corrected chi connectivity index (χ3v) is 5.17. The van der Waals surface area contributed by atoms with Crippen LogP contribution in [0.1, 0.15) is 71.1 Å². The highest BCUT2D eigenvalue weighted by molar-refractivity contribution is 6.30.